The smallest absolute Gasteiger partial charge is 0.251 e. The van der Waals surface area contributed by atoms with Gasteiger partial charge in [-0.2, -0.15) is 0 Å². The van der Waals surface area contributed by atoms with Gasteiger partial charge in [0.25, 0.3) is 5.91 Å². The minimum absolute atomic E-state index is 0.00384. The van der Waals surface area contributed by atoms with Gasteiger partial charge in [-0.05, 0) is 61.7 Å². The van der Waals surface area contributed by atoms with E-state index in [9.17, 15) is 19.2 Å². The third-order valence-corrected chi connectivity index (χ3v) is 5.29. The molecule has 1 saturated carbocycles. The average Bonchev–Trinajstić information content (AvgIpc) is 3.53. The number of hydrogen-bond acceptors (Lipinski definition) is 4. The van der Waals surface area contributed by atoms with Crippen LogP contribution < -0.4 is 20.9 Å². The summed E-state index contributed by atoms with van der Waals surface area (Å²) in [5.41, 5.74) is 2.33. The van der Waals surface area contributed by atoms with E-state index in [-0.39, 0.29) is 36.1 Å². The van der Waals surface area contributed by atoms with Crippen molar-refractivity contribution in [2.75, 3.05) is 28.6 Å². The Hall–Kier alpha value is -3.68. The number of nitrogens with zero attached hydrogens (tertiary/aromatic N) is 1. The summed E-state index contributed by atoms with van der Waals surface area (Å²) in [7, 11) is 0. The van der Waals surface area contributed by atoms with Gasteiger partial charge in [0.1, 0.15) is 0 Å². The van der Waals surface area contributed by atoms with Crippen LogP contribution in [0.1, 0.15) is 36.0 Å². The van der Waals surface area contributed by atoms with Gasteiger partial charge in [0, 0.05) is 41.5 Å². The van der Waals surface area contributed by atoms with E-state index in [4.69, 9.17) is 0 Å². The van der Waals surface area contributed by atoms with Crippen molar-refractivity contribution >= 4 is 40.7 Å². The summed E-state index contributed by atoms with van der Waals surface area (Å²) in [6, 6.07) is 13.6. The molecule has 1 heterocycles. The normalized spacial score (nSPS) is 15.5. The molecule has 1 aliphatic carbocycles. The predicted octanol–water partition coefficient (Wildman–Crippen LogP) is 2.53. The maximum atomic E-state index is 12.3. The van der Waals surface area contributed by atoms with Crippen LogP contribution in [-0.4, -0.2) is 36.7 Å². The van der Waals surface area contributed by atoms with E-state index in [0.717, 1.165) is 24.9 Å². The van der Waals surface area contributed by atoms with Crippen LogP contribution in [0.3, 0.4) is 0 Å². The second-order valence-electron chi connectivity index (χ2n) is 7.77. The van der Waals surface area contributed by atoms with Gasteiger partial charge in [-0.1, -0.05) is 6.07 Å². The van der Waals surface area contributed by atoms with Crippen LogP contribution in [0.5, 0.6) is 0 Å². The summed E-state index contributed by atoms with van der Waals surface area (Å²) < 4.78 is 0. The molecule has 8 nitrogen and oxygen atoms in total. The van der Waals surface area contributed by atoms with Crippen molar-refractivity contribution in [3.63, 3.8) is 0 Å². The zero-order chi connectivity index (χ0) is 21.8. The summed E-state index contributed by atoms with van der Waals surface area (Å²) in [4.78, 5) is 49.9. The molecular weight excluding hydrogens is 396 g/mol. The monoisotopic (exact) mass is 420 g/mol. The number of benzene rings is 2. The third kappa shape index (κ3) is 5.28. The first kappa shape index (κ1) is 20.6. The minimum atomic E-state index is -0.377. The maximum Gasteiger partial charge on any atom is 0.251 e. The first-order chi connectivity index (χ1) is 15.0. The fourth-order valence-electron chi connectivity index (χ4n) is 3.45. The summed E-state index contributed by atoms with van der Waals surface area (Å²) >= 11 is 0. The first-order valence-electron chi connectivity index (χ1n) is 10.4. The van der Waals surface area contributed by atoms with E-state index in [1.807, 2.05) is 0 Å². The molecule has 0 unspecified atom stereocenters. The molecule has 31 heavy (non-hydrogen) atoms. The number of anilines is 3. The lowest BCUT2D eigenvalue weighted by molar-refractivity contribution is -0.118. The summed E-state index contributed by atoms with van der Waals surface area (Å²) in [6.07, 6.45) is 3.22. The Bertz CT molecular complexity index is 1010. The predicted molar refractivity (Wildman–Crippen MR) is 117 cm³/mol. The summed E-state index contributed by atoms with van der Waals surface area (Å²) in [5, 5.41) is 8.13. The lowest BCUT2D eigenvalue weighted by atomic mass is 10.2. The molecule has 160 valence electrons. The van der Waals surface area contributed by atoms with E-state index in [2.05, 4.69) is 16.0 Å². The Morgan fingerprint density at radius 1 is 0.968 bits per heavy atom. The largest absolute Gasteiger partial charge is 0.343 e. The van der Waals surface area contributed by atoms with Gasteiger partial charge in [-0.25, -0.2) is 0 Å². The highest BCUT2D eigenvalue weighted by Crippen LogP contribution is 2.30. The SMILES string of the molecule is O=C(CNC(=O)c1ccc(N2CCCC2=O)cc1)Nc1cccc(NC(=O)C2CC2)c1. The van der Waals surface area contributed by atoms with Gasteiger partial charge in [0.2, 0.25) is 17.7 Å². The number of carbonyl (C=O) groups excluding carboxylic acids is 4. The van der Waals surface area contributed by atoms with Gasteiger partial charge in [-0.15, -0.1) is 0 Å². The Labute approximate surface area is 180 Å². The lowest BCUT2D eigenvalue weighted by Crippen LogP contribution is -2.33. The Morgan fingerprint density at radius 3 is 2.32 bits per heavy atom. The van der Waals surface area contributed by atoms with Gasteiger partial charge in [0.15, 0.2) is 0 Å². The zero-order valence-electron chi connectivity index (χ0n) is 17.0. The number of hydrogen-bond donors (Lipinski definition) is 3. The molecule has 0 bridgehead atoms. The Morgan fingerprint density at radius 2 is 1.68 bits per heavy atom. The van der Waals surface area contributed by atoms with Crippen LogP contribution in [0.25, 0.3) is 0 Å². The highest BCUT2D eigenvalue weighted by molar-refractivity contribution is 6.01. The summed E-state index contributed by atoms with van der Waals surface area (Å²) in [6.45, 7) is 0.500. The molecule has 0 aromatic heterocycles. The molecule has 0 spiro atoms. The second kappa shape index (κ2) is 8.99. The van der Waals surface area contributed by atoms with Gasteiger partial charge < -0.3 is 20.9 Å². The Kier molecular flexibility index (Phi) is 5.97. The van der Waals surface area contributed by atoms with Crippen molar-refractivity contribution < 1.29 is 19.2 Å². The van der Waals surface area contributed by atoms with Crippen molar-refractivity contribution in [2.24, 2.45) is 5.92 Å². The van der Waals surface area contributed by atoms with Crippen LogP contribution in [-0.2, 0) is 14.4 Å². The highest BCUT2D eigenvalue weighted by atomic mass is 16.2. The molecule has 1 saturated heterocycles. The minimum Gasteiger partial charge on any atom is -0.343 e. The molecule has 3 N–H and O–H groups in total. The molecular formula is C23H24N4O4. The van der Waals surface area contributed by atoms with Crippen LogP contribution >= 0.6 is 0 Å². The topological polar surface area (TPSA) is 108 Å². The van der Waals surface area contributed by atoms with Crippen molar-refractivity contribution in [1.82, 2.24) is 5.32 Å². The van der Waals surface area contributed by atoms with Crippen LogP contribution in [0.4, 0.5) is 17.1 Å². The van der Waals surface area contributed by atoms with Crippen molar-refractivity contribution in [3.8, 4) is 0 Å². The number of amides is 4. The van der Waals surface area contributed by atoms with Crippen molar-refractivity contribution in [3.05, 3.63) is 54.1 Å². The quantitative estimate of drug-likeness (QED) is 0.640. The van der Waals surface area contributed by atoms with Crippen molar-refractivity contribution in [1.29, 1.82) is 0 Å². The fraction of sp³-hybridized carbons (Fsp3) is 0.304. The molecule has 0 radical (unpaired) electrons. The van der Waals surface area contributed by atoms with E-state index < -0.39 is 0 Å². The Balaban J connectivity index is 1.27. The molecule has 8 heteroatoms. The second-order valence-corrected chi connectivity index (χ2v) is 7.77. The standard InChI is InChI=1S/C23H24N4O4/c28-20(25-17-3-1-4-18(13-17)26-23(31)16-6-7-16)14-24-22(30)15-8-10-19(11-9-15)27-12-2-5-21(27)29/h1,3-4,8-11,13,16H,2,5-7,12,14H2,(H,24,30)(H,25,28)(H,26,31). The van der Waals surface area contributed by atoms with E-state index in [1.165, 1.54) is 0 Å². The van der Waals surface area contributed by atoms with Crippen LogP contribution in [0.2, 0.25) is 0 Å². The van der Waals surface area contributed by atoms with E-state index in [1.54, 1.807) is 53.4 Å². The van der Waals surface area contributed by atoms with Crippen LogP contribution in [0.15, 0.2) is 48.5 Å². The molecule has 2 aliphatic rings. The molecule has 4 amide bonds. The molecule has 1 aliphatic heterocycles. The maximum absolute atomic E-state index is 12.3. The first-order valence-corrected chi connectivity index (χ1v) is 10.4. The number of carbonyl (C=O) groups is 4. The molecule has 2 fully saturated rings. The third-order valence-electron chi connectivity index (χ3n) is 5.29. The van der Waals surface area contributed by atoms with E-state index in [0.29, 0.717) is 29.9 Å². The molecule has 4 rings (SSSR count). The lowest BCUT2D eigenvalue weighted by Gasteiger charge is -2.15. The summed E-state index contributed by atoms with van der Waals surface area (Å²) in [5.74, 6) is -0.572. The number of rotatable bonds is 7. The van der Waals surface area contributed by atoms with Crippen molar-refractivity contribution in [2.45, 2.75) is 25.7 Å². The average molecular weight is 420 g/mol. The number of nitrogens with one attached hydrogen (secondary N) is 3. The highest BCUT2D eigenvalue weighted by Gasteiger charge is 2.29. The van der Waals surface area contributed by atoms with Gasteiger partial charge >= 0.3 is 0 Å². The molecule has 2 aromatic carbocycles. The van der Waals surface area contributed by atoms with E-state index >= 15 is 0 Å². The fourth-order valence-corrected chi connectivity index (χ4v) is 3.45. The van der Waals surface area contributed by atoms with Crippen LogP contribution in [0, 0.1) is 5.92 Å². The van der Waals surface area contributed by atoms with Gasteiger partial charge in [0.05, 0.1) is 6.54 Å². The molecule has 0 atom stereocenters. The zero-order valence-corrected chi connectivity index (χ0v) is 17.0. The molecule has 2 aromatic rings. The van der Waals surface area contributed by atoms with Gasteiger partial charge in [-0.3, -0.25) is 19.2 Å².